The fourth-order valence-corrected chi connectivity index (χ4v) is 4.76. The van der Waals surface area contributed by atoms with Crippen molar-refractivity contribution in [2.24, 2.45) is 0 Å². The summed E-state index contributed by atoms with van der Waals surface area (Å²) in [7, 11) is 0. The fourth-order valence-electron chi connectivity index (χ4n) is 4.76. The van der Waals surface area contributed by atoms with Gasteiger partial charge in [-0.3, -0.25) is 0 Å². The molecule has 3 aromatic rings. The summed E-state index contributed by atoms with van der Waals surface area (Å²) in [5.41, 5.74) is 1.15. The lowest BCUT2D eigenvalue weighted by molar-refractivity contribution is -0.141. The molecule has 3 rings (SSSR count). The molecule has 0 aliphatic carbocycles. The van der Waals surface area contributed by atoms with Crippen LogP contribution in [0.1, 0.15) is 74.6 Å². The van der Waals surface area contributed by atoms with Crippen molar-refractivity contribution >= 4 is 17.9 Å². The number of hydrogen-bond donors (Lipinski definition) is 2. The van der Waals surface area contributed by atoms with Gasteiger partial charge in [0.25, 0.3) is 0 Å². The third-order valence-electron chi connectivity index (χ3n) is 7.61. The summed E-state index contributed by atoms with van der Waals surface area (Å²) in [6, 6.07) is 13.7. The molecule has 51 heavy (non-hydrogen) atoms. The number of carbonyl (C=O) groups is 3. The lowest BCUT2D eigenvalue weighted by Crippen LogP contribution is -2.17. The van der Waals surface area contributed by atoms with E-state index in [1.54, 1.807) is 60.9 Å². The van der Waals surface area contributed by atoms with Crippen LogP contribution in [-0.2, 0) is 19.1 Å². The lowest BCUT2D eigenvalue weighted by atomic mass is 10.1. The van der Waals surface area contributed by atoms with Gasteiger partial charge >= 0.3 is 17.9 Å². The number of aliphatic hydroxyl groups is 2. The summed E-state index contributed by atoms with van der Waals surface area (Å²) < 4.78 is 26.7. The molecule has 0 aliphatic heterocycles. The maximum Gasteiger partial charge on any atom is 0.343 e. The average Bonchev–Trinajstić information content (AvgIpc) is 3.15. The Morgan fingerprint density at radius 1 is 0.627 bits per heavy atom. The number of nitrogens with zero attached hydrogens (tertiary/aromatic N) is 2. The lowest BCUT2D eigenvalue weighted by Gasteiger charge is -2.10. The van der Waals surface area contributed by atoms with E-state index in [1.807, 2.05) is 0 Å². The summed E-state index contributed by atoms with van der Waals surface area (Å²) in [6.07, 6.45) is 12.2. The average molecular weight is 705 g/mol. The van der Waals surface area contributed by atoms with Crippen LogP contribution in [0, 0.1) is 0 Å². The number of rotatable bonds is 25. The molecule has 2 aromatic carbocycles. The van der Waals surface area contributed by atoms with Crippen molar-refractivity contribution in [2.75, 3.05) is 26.4 Å². The van der Waals surface area contributed by atoms with Gasteiger partial charge in [-0.1, -0.05) is 51.7 Å². The first-order chi connectivity index (χ1) is 24.8. The van der Waals surface area contributed by atoms with Gasteiger partial charge in [0.05, 0.1) is 43.4 Å². The highest BCUT2D eigenvalue weighted by Crippen LogP contribution is 2.22. The van der Waals surface area contributed by atoms with Crippen molar-refractivity contribution in [3.05, 3.63) is 91.8 Å². The summed E-state index contributed by atoms with van der Waals surface area (Å²) in [5, 5.41) is 19.7. The number of unbranched alkanes of at least 4 members (excludes halogenated alkanes) is 6. The molecule has 1 heterocycles. The Bertz CT molecular complexity index is 1490. The van der Waals surface area contributed by atoms with Crippen molar-refractivity contribution in [3.8, 4) is 28.6 Å². The number of hydrogen-bond acceptors (Lipinski definition) is 12. The molecule has 0 saturated heterocycles. The fraction of sp³-hybridized carbons (Fsp3) is 0.410. The van der Waals surface area contributed by atoms with Crippen LogP contribution in [0.5, 0.6) is 17.2 Å². The smallest absolute Gasteiger partial charge is 0.343 e. The van der Waals surface area contributed by atoms with E-state index in [0.29, 0.717) is 54.7 Å². The maximum absolute atomic E-state index is 12.7. The summed E-state index contributed by atoms with van der Waals surface area (Å²) in [5.74, 6) is 0.557. The van der Waals surface area contributed by atoms with Gasteiger partial charge in [0.15, 0.2) is 11.6 Å². The molecule has 0 saturated carbocycles. The zero-order valence-corrected chi connectivity index (χ0v) is 29.0. The van der Waals surface area contributed by atoms with Gasteiger partial charge in [-0.25, -0.2) is 24.4 Å². The van der Waals surface area contributed by atoms with E-state index in [1.165, 1.54) is 0 Å². The Kier molecular flexibility index (Phi) is 18.5. The minimum Gasteiger partial charge on any atom is -0.494 e. The van der Waals surface area contributed by atoms with E-state index in [2.05, 4.69) is 23.1 Å². The Labute approximate surface area is 299 Å². The predicted octanol–water partition coefficient (Wildman–Crippen LogP) is 6.20. The predicted molar refractivity (Wildman–Crippen MR) is 190 cm³/mol. The highest BCUT2D eigenvalue weighted by molar-refractivity contribution is 5.91. The normalized spacial score (nSPS) is 11.9. The molecular weight excluding hydrogens is 656 g/mol. The highest BCUT2D eigenvalue weighted by atomic mass is 16.5. The number of esters is 3. The third-order valence-corrected chi connectivity index (χ3v) is 7.61. The van der Waals surface area contributed by atoms with Crippen LogP contribution < -0.4 is 14.2 Å². The van der Waals surface area contributed by atoms with Crippen molar-refractivity contribution in [3.63, 3.8) is 0 Å². The molecule has 2 unspecified atom stereocenters. The van der Waals surface area contributed by atoms with Crippen molar-refractivity contribution < 1.29 is 48.3 Å². The number of carbonyl (C=O) groups excluding carboxylic acids is 3. The van der Waals surface area contributed by atoms with Crippen LogP contribution in [0.2, 0.25) is 0 Å². The van der Waals surface area contributed by atoms with Crippen LogP contribution in [0.25, 0.3) is 11.4 Å². The second-order valence-electron chi connectivity index (χ2n) is 11.8. The van der Waals surface area contributed by atoms with Crippen molar-refractivity contribution in [1.29, 1.82) is 0 Å². The van der Waals surface area contributed by atoms with Crippen molar-refractivity contribution in [2.45, 2.75) is 76.4 Å². The molecule has 0 amide bonds. The SMILES string of the molecule is C=CC(=O)OCC(O)CCCCCCOc1ccc(C(=O)Oc2ccc(-c3ncc(OCCCCCCC(O)COC(=O)C=C)cn3)cc2)cc1. The minimum absolute atomic E-state index is 0.0193. The standard InChI is InChI=1S/C39H48N2O10/c1-3-36(44)49-27-31(42)13-9-5-7-11-23-47-33-19-17-30(18-20-33)39(46)51-34-21-15-29(16-22-34)38-40-25-35(26-41-38)48-24-12-8-6-10-14-32(43)28-50-37(45)4-2/h3-4,15-22,25-26,31-32,42-43H,1-2,5-14,23-24,27-28H2. The van der Waals surface area contributed by atoms with Crippen LogP contribution in [-0.4, -0.2) is 76.7 Å². The Balaban J connectivity index is 1.28. The molecule has 12 heteroatoms. The van der Waals surface area contributed by atoms with E-state index < -0.39 is 30.1 Å². The number of aliphatic hydroxyl groups excluding tert-OH is 2. The largest absolute Gasteiger partial charge is 0.494 e. The van der Waals surface area contributed by atoms with Gasteiger partial charge in [-0.05, 0) is 74.2 Å². The van der Waals surface area contributed by atoms with Gasteiger partial charge in [-0.15, -0.1) is 0 Å². The monoisotopic (exact) mass is 704 g/mol. The first-order valence-corrected chi connectivity index (χ1v) is 17.2. The van der Waals surface area contributed by atoms with E-state index in [0.717, 1.165) is 69.1 Å². The molecule has 0 radical (unpaired) electrons. The molecule has 274 valence electrons. The van der Waals surface area contributed by atoms with Gasteiger partial charge in [0.2, 0.25) is 0 Å². The third kappa shape index (κ3) is 16.5. The van der Waals surface area contributed by atoms with Crippen LogP contribution >= 0.6 is 0 Å². The van der Waals surface area contributed by atoms with E-state index in [4.69, 9.17) is 23.7 Å². The van der Waals surface area contributed by atoms with Gasteiger partial charge in [-0.2, -0.15) is 0 Å². The number of benzene rings is 2. The second-order valence-corrected chi connectivity index (χ2v) is 11.8. The van der Waals surface area contributed by atoms with Gasteiger partial charge in [0, 0.05) is 17.7 Å². The summed E-state index contributed by atoms with van der Waals surface area (Å²) in [4.78, 5) is 43.5. The van der Waals surface area contributed by atoms with Gasteiger partial charge in [0.1, 0.15) is 24.7 Å². The molecule has 2 atom stereocenters. The first-order valence-electron chi connectivity index (χ1n) is 17.2. The van der Waals surface area contributed by atoms with Crippen LogP contribution in [0.4, 0.5) is 0 Å². The molecule has 1 aromatic heterocycles. The van der Waals surface area contributed by atoms with Gasteiger partial charge < -0.3 is 33.9 Å². The number of aromatic nitrogens is 2. The summed E-state index contributed by atoms with van der Waals surface area (Å²) in [6.45, 7) is 7.65. The second kappa shape index (κ2) is 23.4. The Morgan fingerprint density at radius 3 is 1.61 bits per heavy atom. The Hall–Kier alpha value is -5.07. The highest BCUT2D eigenvalue weighted by Gasteiger charge is 2.11. The van der Waals surface area contributed by atoms with E-state index in [-0.39, 0.29) is 13.2 Å². The quantitative estimate of drug-likeness (QED) is 0.0445. The molecule has 12 nitrogen and oxygen atoms in total. The van der Waals surface area contributed by atoms with E-state index >= 15 is 0 Å². The molecule has 0 aliphatic rings. The Morgan fingerprint density at radius 2 is 1.10 bits per heavy atom. The van der Waals surface area contributed by atoms with Crippen molar-refractivity contribution in [1.82, 2.24) is 9.97 Å². The maximum atomic E-state index is 12.7. The zero-order valence-electron chi connectivity index (χ0n) is 29.0. The number of ether oxygens (including phenoxy) is 5. The molecular formula is C39H48N2O10. The van der Waals surface area contributed by atoms with Crippen LogP contribution in [0.15, 0.2) is 86.2 Å². The zero-order chi connectivity index (χ0) is 36.7. The first kappa shape index (κ1) is 40.4. The molecule has 2 N–H and O–H groups in total. The molecule has 0 bridgehead atoms. The summed E-state index contributed by atoms with van der Waals surface area (Å²) >= 11 is 0. The minimum atomic E-state index is -0.673. The molecule has 0 fully saturated rings. The molecule has 0 spiro atoms. The topological polar surface area (TPSA) is 164 Å². The van der Waals surface area contributed by atoms with Crippen LogP contribution in [0.3, 0.4) is 0 Å². The van der Waals surface area contributed by atoms with E-state index in [9.17, 15) is 24.6 Å².